The Hall–Kier alpha value is -1.97. The molecule has 2 nitrogen and oxygen atoms in total. The van der Waals surface area contributed by atoms with Gasteiger partial charge in [-0.15, -0.1) is 11.3 Å². The van der Waals surface area contributed by atoms with Gasteiger partial charge in [-0.25, -0.2) is 0 Å². The third-order valence-electron chi connectivity index (χ3n) is 3.36. The molecule has 0 unspecified atom stereocenters. The van der Waals surface area contributed by atoms with Crippen LogP contribution in [0.1, 0.15) is 16.1 Å². The lowest BCUT2D eigenvalue weighted by molar-refractivity contribution is 0.698. The zero-order chi connectivity index (χ0) is 14.5. The van der Waals surface area contributed by atoms with Gasteiger partial charge in [-0.1, -0.05) is 36.4 Å². The van der Waals surface area contributed by atoms with Gasteiger partial charge >= 0.3 is 0 Å². The lowest BCUT2D eigenvalue weighted by Crippen LogP contribution is -2.11. The fourth-order valence-corrected chi connectivity index (χ4v) is 3.05. The number of hydrogen-bond donors (Lipinski definition) is 1. The quantitative estimate of drug-likeness (QED) is 0.754. The summed E-state index contributed by atoms with van der Waals surface area (Å²) in [5.41, 5.74) is 4.86. The minimum Gasteiger partial charge on any atom is -0.308 e. The predicted molar refractivity (Wildman–Crippen MR) is 89.3 cm³/mol. The number of rotatable bonds is 5. The molecule has 1 N–H and O–H groups in total. The Morgan fingerprint density at radius 1 is 1.00 bits per heavy atom. The van der Waals surface area contributed by atoms with Gasteiger partial charge in [-0.3, -0.25) is 4.98 Å². The Morgan fingerprint density at radius 2 is 1.86 bits per heavy atom. The van der Waals surface area contributed by atoms with Gasteiger partial charge in [0.2, 0.25) is 0 Å². The Labute approximate surface area is 129 Å². The highest BCUT2D eigenvalue weighted by Crippen LogP contribution is 2.25. The smallest absolute Gasteiger partial charge is 0.0372 e. The van der Waals surface area contributed by atoms with Crippen LogP contribution in [0.2, 0.25) is 0 Å². The second-order valence-corrected chi connectivity index (χ2v) is 6.07. The van der Waals surface area contributed by atoms with Crippen molar-refractivity contribution in [3.05, 3.63) is 76.2 Å². The molecule has 2 aromatic heterocycles. The van der Waals surface area contributed by atoms with E-state index in [2.05, 4.69) is 58.1 Å². The predicted octanol–water partition coefficient (Wildman–Crippen LogP) is 4.41. The maximum Gasteiger partial charge on any atom is 0.0372 e. The molecular formula is C18H18N2S. The molecule has 0 spiro atoms. The Balaban J connectivity index is 1.57. The fourth-order valence-electron chi connectivity index (χ4n) is 2.19. The summed E-state index contributed by atoms with van der Waals surface area (Å²) in [6.45, 7) is 3.76. The molecule has 0 fully saturated rings. The van der Waals surface area contributed by atoms with Gasteiger partial charge in [-0.2, -0.15) is 0 Å². The summed E-state index contributed by atoms with van der Waals surface area (Å²) in [5.74, 6) is 0. The first-order valence-corrected chi connectivity index (χ1v) is 7.94. The van der Waals surface area contributed by atoms with E-state index in [0.717, 1.165) is 18.8 Å². The van der Waals surface area contributed by atoms with Crippen LogP contribution in [-0.2, 0) is 13.1 Å². The number of nitrogens with zero attached hydrogens (tertiary/aromatic N) is 1. The van der Waals surface area contributed by atoms with Crippen molar-refractivity contribution in [2.45, 2.75) is 20.0 Å². The average Bonchev–Trinajstić information content (AvgIpc) is 2.99. The number of benzene rings is 1. The molecular weight excluding hydrogens is 276 g/mol. The van der Waals surface area contributed by atoms with Crippen LogP contribution in [0.15, 0.2) is 60.1 Å². The zero-order valence-corrected chi connectivity index (χ0v) is 12.9. The molecule has 0 aliphatic carbocycles. The van der Waals surface area contributed by atoms with Crippen LogP contribution in [0.25, 0.3) is 11.1 Å². The van der Waals surface area contributed by atoms with Crippen LogP contribution in [0.4, 0.5) is 0 Å². The van der Waals surface area contributed by atoms with Crippen molar-refractivity contribution in [2.24, 2.45) is 0 Å². The second-order valence-electron chi connectivity index (χ2n) is 5.08. The first-order valence-electron chi connectivity index (χ1n) is 7.06. The summed E-state index contributed by atoms with van der Waals surface area (Å²) >= 11 is 1.80. The number of pyridine rings is 1. The van der Waals surface area contributed by atoms with Gasteiger partial charge in [0.25, 0.3) is 0 Å². The number of hydrogen-bond acceptors (Lipinski definition) is 3. The zero-order valence-electron chi connectivity index (χ0n) is 12.0. The van der Waals surface area contributed by atoms with E-state index < -0.39 is 0 Å². The number of aromatic nitrogens is 1. The molecule has 0 amide bonds. The molecule has 106 valence electrons. The van der Waals surface area contributed by atoms with Crippen LogP contribution in [0.5, 0.6) is 0 Å². The van der Waals surface area contributed by atoms with E-state index in [-0.39, 0.29) is 0 Å². The van der Waals surface area contributed by atoms with Crippen LogP contribution in [0.3, 0.4) is 0 Å². The molecule has 0 aliphatic rings. The first kappa shape index (κ1) is 14.0. The van der Waals surface area contributed by atoms with Crippen LogP contribution >= 0.6 is 11.3 Å². The number of aryl methyl sites for hydroxylation is 1. The van der Waals surface area contributed by atoms with Crippen molar-refractivity contribution >= 4 is 11.3 Å². The van der Waals surface area contributed by atoms with Crippen LogP contribution < -0.4 is 5.32 Å². The van der Waals surface area contributed by atoms with Gasteiger partial charge in [0.05, 0.1) is 0 Å². The molecule has 21 heavy (non-hydrogen) atoms. The SMILES string of the molecule is Cc1ccc(CNCc2cc(-c3ccccc3)cs2)cn1. The van der Waals surface area contributed by atoms with Crippen molar-refractivity contribution in [2.75, 3.05) is 0 Å². The highest BCUT2D eigenvalue weighted by Gasteiger charge is 2.02. The Bertz CT molecular complexity index is 687. The van der Waals surface area contributed by atoms with E-state index in [0.29, 0.717) is 0 Å². The van der Waals surface area contributed by atoms with Gasteiger partial charge in [0.1, 0.15) is 0 Å². The molecule has 0 radical (unpaired) electrons. The summed E-state index contributed by atoms with van der Waals surface area (Å²) < 4.78 is 0. The Morgan fingerprint density at radius 3 is 2.62 bits per heavy atom. The third-order valence-corrected chi connectivity index (χ3v) is 4.30. The molecule has 3 rings (SSSR count). The molecule has 0 saturated heterocycles. The molecule has 0 saturated carbocycles. The molecule has 3 aromatic rings. The molecule has 0 atom stereocenters. The monoisotopic (exact) mass is 294 g/mol. The summed E-state index contributed by atoms with van der Waals surface area (Å²) in [5, 5.41) is 5.69. The standard InChI is InChI=1S/C18H18N2S/c1-14-7-8-15(11-20-14)10-19-12-18-9-17(13-21-18)16-5-3-2-4-6-16/h2-9,11,13,19H,10,12H2,1H3. The number of thiophene rings is 1. The first-order chi connectivity index (χ1) is 10.3. The summed E-state index contributed by atoms with van der Waals surface area (Å²) in [4.78, 5) is 5.67. The highest BCUT2D eigenvalue weighted by molar-refractivity contribution is 7.10. The third kappa shape index (κ3) is 3.78. The summed E-state index contributed by atoms with van der Waals surface area (Å²) in [6.07, 6.45) is 1.94. The van der Waals surface area contributed by atoms with Gasteiger partial charge in [-0.05, 0) is 41.1 Å². The van der Waals surface area contributed by atoms with Gasteiger partial charge < -0.3 is 5.32 Å². The van der Waals surface area contributed by atoms with E-state index >= 15 is 0 Å². The number of nitrogens with one attached hydrogen (secondary N) is 1. The normalized spacial score (nSPS) is 10.7. The minimum atomic E-state index is 0.853. The van der Waals surface area contributed by atoms with Crippen molar-refractivity contribution in [3.8, 4) is 11.1 Å². The maximum absolute atomic E-state index is 4.31. The fraction of sp³-hybridized carbons (Fsp3) is 0.167. The van der Waals surface area contributed by atoms with Crippen molar-refractivity contribution < 1.29 is 0 Å². The van der Waals surface area contributed by atoms with Crippen molar-refractivity contribution in [3.63, 3.8) is 0 Å². The second kappa shape index (κ2) is 6.66. The summed E-state index contributed by atoms with van der Waals surface area (Å²) in [7, 11) is 0. The summed E-state index contributed by atoms with van der Waals surface area (Å²) in [6, 6.07) is 16.9. The topological polar surface area (TPSA) is 24.9 Å². The minimum absolute atomic E-state index is 0.853. The maximum atomic E-state index is 4.31. The molecule has 0 aliphatic heterocycles. The lowest BCUT2D eigenvalue weighted by atomic mass is 10.1. The molecule has 2 heterocycles. The molecule has 0 bridgehead atoms. The van der Waals surface area contributed by atoms with Crippen molar-refractivity contribution in [1.82, 2.24) is 10.3 Å². The molecule has 3 heteroatoms. The van der Waals surface area contributed by atoms with Gasteiger partial charge in [0.15, 0.2) is 0 Å². The Kier molecular flexibility index (Phi) is 4.43. The highest BCUT2D eigenvalue weighted by atomic mass is 32.1. The van der Waals surface area contributed by atoms with E-state index in [4.69, 9.17) is 0 Å². The van der Waals surface area contributed by atoms with Gasteiger partial charge in [0, 0.05) is 29.9 Å². The van der Waals surface area contributed by atoms with E-state index in [9.17, 15) is 0 Å². The van der Waals surface area contributed by atoms with E-state index in [1.165, 1.54) is 21.6 Å². The van der Waals surface area contributed by atoms with Crippen molar-refractivity contribution in [1.29, 1.82) is 0 Å². The average molecular weight is 294 g/mol. The molecule has 1 aromatic carbocycles. The largest absolute Gasteiger partial charge is 0.308 e. The van der Waals surface area contributed by atoms with Crippen LogP contribution in [-0.4, -0.2) is 4.98 Å². The van der Waals surface area contributed by atoms with E-state index in [1.54, 1.807) is 11.3 Å². The van der Waals surface area contributed by atoms with E-state index in [1.807, 2.05) is 19.2 Å². The van der Waals surface area contributed by atoms with Crippen LogP contribution in [0, 0.1) is 6.92 Å². The lowest BCUT2D eigenvalue weighted by Gasteiger charge is -2.03.